The summed E-state index contributed by atoms with van der Waals surface area (Å²) in [5, 5.41) is 10.3. The average molecular weight is 234 g/mol. The van der Waals surface area contributed by atoms with Gasteiger partial charge in [-0.25, -0.2) is 0 Å². The van der Waals surface area contributed by atoms with E-state index in [1.54, 1.807) is 24.3 Å². The number of rotatable bonds is 1. The Labute approximate surface area is 99.2 Å². The number of methoxy groups -OCH3 is 1. The zero-order valence-electron chi connectivity index (χ0n) is 9.98. The number of fused-ring (bicyclic) bond motifs is 1. The number of benzene rings is 1. The highest BCUT2D eigenvalue weighted by atomic mass is 16.5. The summed E-state index contributed by atoms with van der Waals surface area (Å²) in [6.07, 6.45) is 0. The molecule has 0 aliphatic heterocycles. The Hall–Kier alpha value is -1.52. The van der Waals surface area contributed by atoms with Crippen molar-refractivity contribution in [3.05, 3.63) is 35.4 Å². The van der Waals surface area contributed by atoms with Gasteiger partial charge in [-0.15, -0.1) is 0 Å². The first-order chi connectivity index (χ1) is 7.86. The predicted molar refractivity (Wildman–Crippen MR) is 61.1 cm³/mol. The molecule has 2 atom stereocenters. The van der Waals surface area contributed by atoms with E-state index in [1.807, 2.05) is 0 Å². The second-order valence-electron chi connectivity index (χ2n) is 4.51. The molecule has 0 spiro atoms. The van der Waals surface area contributed by atoms with Crippen molar-refractivity contribution in [1.82, 2.24) is 0 Å². The van der Waals surface area contributed by atoms with E-state index in [0.717, 1.165) is 0 Å². The molecule has 90 valence electrons. The third-order valence-electron chi connectivity index (χ3n) is 3.63. The van der Waals surface area contributed by atoms with Gasteiger partial charge in [0.1, 0.15) is 0 Å². The summed E-state index contributed by atoms with van der Waals surface area (Å²) in [5.74, 6) is -0.864. The Morgan fingerprint density at radius 2 is 1.53 bits per heavy atom. The summed E-state index contributed by atoms with van der Waals surface area (Å²) in [6, 6.07) is 6.46. The molecule has 0 saturated heterocycles. The van der Waals surface area contributed by atoms with E-state index in [2.05, 4.69) is 0 Å². The third kappa shape index (κ3) is 1.31. The zero-order chi connectivity index (χ0) is 12.8. The maximum atomic E-state index is 12.3. The second-order valence-corrected chi connectivity index (χ2v) is 4.51. The molecule has 0 fully saturated rings. The molecule has 2 rings (SSSR count). The van der Waals surface area contributed by atoms with E-state index in [4.69, 9.17) is 4.74 Å². The topological polar surface area (TPSA) is 63.6 Å². The molecule has 1 aliphatic carbocycles. The minimum atomic E-state index is -1.85. The number of ether oxygens (including phenoxy) is 1. The molecule has 0 amide bonds. The number of hydrogen-bond donors (Lipinski definition) is 1. The van der Waals surface area contributed by atoms with Crippen molar-refractivity contribution in [2.45, 2.75) is 25.0 Å². The van der Waals surface area contributed by atoms with Crippen LogP contribution in [-0.2, 0) is 4.74 Å². The normalized spacial score (nSPS) is 32.5. The van der Waals surface area contributed by atoms with Gasteiger partial charge in [-0.1, -0.05) is 24.3 Å². The fraction of sp³-hybridized carbons (Fsp3) is 0.385. The molecule has 0 radical (unpaired) electrons. The van der Waals surface area contributed by atoms with E-state index in [0.29, 0.717) is 5.56 Å². The van der Waals surface area contributed by atoms with Crippen molar-refractivity contribution >= 4 is 11.6 Å². The van der Waals surface area contributed by atoms with E-state index in [-0.39, 0.29) is 11.3 Å². The van der Waals surface area contributed by atoms with E-state index < -0.39 is 17.0 Å². The first-order valence-corrected chi connectivity index (χ1v) is 5.32. The highest BCUT2D eigenvalue weighted by molar-refractivity contribution is 6.21. The lowest BCUT2D eigenvalue weighted by Gasteiger charge is -2.42. The van der Waals surface area contributed by atoms with E-state index in [9.17, 15) is 14.7 Å². The molecular weight excluding hydrogens is 220 g/mol. The number of hydrogen-bond acceptors (Lipinski definition) is 4. The van der Waals surface area contributed by atoms with Crippen LogP contribution >= 0.6 is 0 Å². The van der Waals surface area contributed by atoms with Gasteiger partial charge in [0.05, 0.1) is 0 Å². The van der Waals surface area contributed by atoms with Crippen LogP contribution in [0.4, 0.5) is 0 Å². The summed E-state index contributed by atoms with van der Waals surface area (Å²) in [4.78, 5) is 24.5. The van der Waals surface area contributed by atoms with Crippen LogP contribution in [0.3, 0.4) is 0 Å². The quantitative estimate of drug-likeness (QED) is 0.793. The molecular formula is C13H14O4. The van der Waals surface area contributed by atoms with E-state index >= 15 is 0 Å². The monoisotopic (exact) mass is 234 g/mol. The molecule has 4 nitrogen and oxygen atoms in total. The Balaban J connectivity index is 2.75. The molecule has 1 aromatic carbocycles. The summed E-state index contributed by atoms with van der Waals surface area (Å²) in [7, 11) is 1.31. The maximum Gasteiger partial charge on any atom is 0.198 e. The van der Waals surface area contributed by atoms with Gasteiger partial charge in [-0.3, -0.25) is 9.59 Å². The van der Waals surface area contributed by atoms with Crippen LogP contribution in [-0.4, -0.2) is 35.0 Å². The summed E-state index contributed by atoms with van der Waals surface area (Å²) in [6.45, 7) is 2.75. The summed E-state index contributed by atoms with van der Waals surface area (Å²) < 4.78 is 5.11. The fourth-order valence-corrected chi connectivity index (χ4v) is 2.13. The Kier molecular flexibility index (Phi) is 2.45. The first-order valence-electron chi connectivity index (χ1n) is 5.32. The molecule has 17 heavy (non-hydrogen) atoms. The molecule has 0 bridgehead atoms. The molecule has 0 saturated carbocycles. The molecule has 1 N–H and O–H groups in total. The van der Waals surface area contributed by atoms with Crippen LogP contribution in [0, 0.1) is 0 Å². The van der Waals surface area contributed by atoms with Crippen LogP contribution in [0.15, 0.2) is 24.3 Å². The van der Waals surface area contributed by atoms with Crippen molar-refractivity contribution < 1.29 is 19.4 Å². The lowest BCUT2D eigenvalue weighted by Crippen LogP contribution is -2.64. The number of aliphatic hydroxyl groups is 1. The van der Waals surface area contributed by atoms with Crippen molar-refractivity contribution in [3.8, 4) is 0 Å². The Morgan fingerprint density at radius 1 is 1.06 bits per heavy atom. The van der Waals surface area contributed by atoms with Gasteiger partial charge in [0, 0.05) is 18.2 Å². The van der Waals surface area contributed by atoms with Crippen LogP contribution in [0.1, 0.15) is 34.6 Å². The van der Waals surface area contributed by atoms with Crippen LogP contribution in [0.25, 0.3) is 0 Å². The molecule has 0 heterocycles. The van der Waals surface area contributed by atoms with Gasteiger partial charge in [-0.05, 0) is 13.8 Å². The lowest BCUT2D eigenvalue weighted by atomic mass is 9.69. The average Bonchev–Trinajstić information content (AvgIpc) is 2.34. The molecule has 0 aromatic heterocycles. The highest BCUT2D eigenvalue weighted by Crippen LogP contribution is 2.38. The van der Waals surface area contributed by atoms with Crippen molar-refractivity contribution in [2.24, 2.45) is 0 Å². The lowest BCUT2D eigenvalue weighted by molar-refractivity contribution is -0.103. The van der Waals surface area contributed by atoms with Crippen molar-refractivity contribution in [1.29, 1.82) is 0 Å². The van der Waals surface area contributed by atoms with Crippen LogP contribution < -0.4 is 0 Å². The Bertz CT molecular complexity index is 504. The number of carbonyl (C=O) groups is 2. The second kappa shape index (κ2) is 3.48. The van der Waals surface area contributed by atoms with E-state index in [1.165, 1.54) is 21.0 Å². The van der Waals surface area contributed by atoms with Gasteiger partial charge in [0.15, 0.2) is 22.8 Å². The zero-order valence-corrected chi connectivity index (χ0v) is 9.98. The molecule has 4 heteroatoms. The fourth-order valence-electron chi connectivity index (χ4n) is 2.13. The van der Waals surface area contributed by atoms with Crippen molar-refractivity contribution in [3.63, 3.8) is 0 Å². The minimum Gasteiger partial charge on any atom is -0.378 e. The predicted octanol–water partition coefficient (Wildman–Crippen LogP) is 1.22. The van der Waals surface area contributed by atoms with Gasteiger partial charge in [0.2, 0.25) is 0 Å². The highest BCUT2D eigenvalue weighted by Gasteiger charge is 2.58. The third-order valence-corrected chi connectivity index (χ3v) is 3.63. The summed E-state index contributed by atoms with van der Waals surface area (Å²) >= 11 is 0. The largest absolute Gasteiger partial charge is 0.378 e. The van der Waals surface area contributed by atoms with Gasteiger partial charge < -0.3 is 9.84 Å². The SMILES string of the molecule is CO[C@]1(C)C(=O)c2ccccc2C(=O)[C@@]1(C)O. The van der Waals surface area contributed by atoms with Crippen LogP contribution in [0.5, 0.6) is 0 Å². The molecule has 1 aromatic rings. The smallest absolute Gasteiger partial charge is 0.198 e. The molecule has 1 aliphatic rings. The number of ketones is 2. The molecule has 0 unspecified atom stereocenters. The maximum absolute atomic E-state index is 12.3. The van der Waals surface area contributed by atoms with Gasteiger partial charge >= 0.3 is 0 Å². The number of Topliss-reactive ketones (excluding diaryl/α,β-unsaturated/α-hetero) is 2. The first kappa shape index (κ1) is 12.0. The van der Waals surface area contributed by atoms with Gasteiger partial charge in [0.25, 0.3) is 0 Å². The minimum absolute atomic E-state index is 0.247. The number of carbonyl (C=O) groups excluding carboxylic acids is 2. The van der Waals surface area contributed by atoms with Gasteiger partial charge in [-0.2, -0.15) is 0 Å². The van der Waals surface area contributed by atoms with Crippen LogP contribution in [0.2, 0.25) is 0 Å². The van der Waals surface area contributed by atoms with Crippen molar-refractivity contribution in [2.75, 3.05) is 7.11 Å². The summed E-state index contributed by atoms with van der Waals surface area (Å²) in [5.41, 5.74) is -2.85. The standard InChI is InChI=1S/C13H14O4/c1-12(16)10(14)8-6-4-5-7-9(8)11(15)13(12,2)17-3/h4-7,16H,1-3H3/t12-,13-/m1/s1. The Morgan fingerprint density at radius 3 is 2.00 bits per heavy atom.